The highest BCUT2D eigenvalue weighted by molar-refractivity contribution is 8.03. The molecule has 0 radical (unpaired) electrons. The standard InChI is InChI=1S/C19H31NO2SSi3/c1-24(2,3)17-16(23-15-12-10-14(11-13-15)20(21)22)18(17,25(4,5)6)19(16,17)26(7,8)9/h10-13H,1-9H3. The number of hydrogen-bond donors (Lipinski definition) is 0. The Morgan fingerprint density at radius 1 is 0.769 bits per heavy atom. The van der Waals surface area contributed by atoms with Crippen molar-refractivity contribution in [2.24, 2.45) is 0 Å². The first-order chi connectivity index (χ1) is 11.6. The van der Waals surface area contributed by atoms with Crippen molar-refractivity contribution in [3.63, 3.8) is 0 Å². The number of rotatable bonds is 6. The summed E-state index contributed by atoms with van der Waals surface area (Å²) in [6.07, 6.45) is 0. The predicted octanol–water partition coefficient (Wildman–Crippen LogP) is 6.70. The lowest BCUT2D eigenvalue weighted by molar-refractivity contribution is -0.384. The van der Waals surface area contributed by atoms with Gasteiger partial charge in [0.2, 0.25) is 0 Å². The molecule has 0 unspecified atom stereocenters. The van der Waals surface area contributed by atoms with Crippen molar-refractivity contribution in [3.05, 3.63) is 34.4 Å². The molecule has 0 aromatic heterocycles. The summed E-state index contributed by atoms with van der Waals surface area (Å²) in [7, 11) is -3.95. The minimum absolute atomic E-state index is 0.196. The zero-order chi connectivity index (χ0) is 19.8. The summed E-state index contributed by atoms with van der Waals surface area (Å²) in [5, 5.41) is 12.9. The molecule has 0 amide bonds. The molecule has 26 heavy (non-hydrogen) atoms. The van der Waals surface area contributed by atoms with Crippen LogP contribution >= 0.6 is 11.8 Å². The number of non-ortho nitro benzene ring substituents is 1. The van der Waals surface area contributed by atoms with E-state index in [2.05, 4.69) is 70.7 Å². The van der Waals surface area contributed by atoms with Crippen molar-refractivity contribution in [2.45, 2.75) is 83.7 Å². The van der Waals surface area contributed by atoms with Gasteiger partial charge in [0.1, 0.15) is 0 Å². The van der Waals surface area contributed by atoms with Crippen LogP contribution in [-0.2, 0) is 0 Å². The average Bonchev–Trinajstić information content (AvgIpc) is 3.31. The van der Waals surface area contributed by atoms with Gasteiger partial charge in [0, 0.05) is 21.8 Å². The first-order valence-corrected chi connectivity index (χ1v) is 20.9. The van der Waals surface area contributed by atoms with Gasteiger partial charge in [-0.3, -0.25) is 10.1 Å². The average molecular weight is 422 g/mol. The van der Waals surface area contributed by atoms with E-state index in [1.165, 1.54) is 4.90 Å². The normalized spacial score (nSPS) is 40.0. The molecule has 4 saturated carbocycles. The molecule has 4 aliphatic carbocycles. The Bertz CT molecular complexity index is 760. The molecule has 0 aliphatic heterocycles. The third-order valence-electron chi connectivity index (χ3n) is 7.72. The van der Waals surface area contributed by atoms with Crippen LogP contribution in [0.4, 0.5) is 5.69 Å². The summed E-state index contributed by atoms with van der Waals surface area (Å²) in [6, 6.07) is 7.33. The SMILES string of the molecule is C[Si](C)(C)C12C3(Sc4ccc([N+](=O)[O-])cc4)C1([Si](C)(C)C)C32[Si](C)(C)C. The number of hydrogen-bond acceptors (Lipinski definition) is 3. The van der Waals surface area contributed by atoms with E-state index in [-0.39, 0.29) is 10.6 Å². The van der Waals surface area contributed by atoms with E-state index in [1.807, 2.05) is 12.1 Å². The Balaban J connectivity index is 1.78. The Labute approximate surface area is 164 Å². The molecule has 3 nitrogen and oxygen atoms in total. The van der Waals surface area contributed by atoms with Crippen LogP contribution in [0.1, 0.15) is 0 Å². The van der Waals surface area contributed by atoms with Crippen LogP contribution in [0.3, 0.4) is 0 Å². The molecule has 0 N–H and O–H groups in total. The summed E-state index contributed by atoms with van der Waals surface area (Å²) >= 11 is 2.10. The molecule has 4 aliphatic rings. The van der Waals surface area contributed by atoms with Crippen molar-refractivity contribution in [1.82, 2.24) is 0 Å². The topological polar surface area (TPSA) is 43.1 Å². The van der Waals surface area contributed by atoms with Crippen LogP contribution in [0.5, 0.6) is 0 Å². The van der Waals surface area contributed by atoms with Crippen LogP contribution in [0.2, 0.25) is 74.0 Å². The van der Waals surface area contributed by atoms with Crippen molar-refractivity contribution in [3.8, 4) is 0 Å². The summed E-state index contributed by atoms with van der Waals surface area (Å²) < 4.78 is 0.461. The summed E-state index contributed by atoms with van der Waals surface area (Å²) in [5.74, 6) is 0. The largest absolute Gasteiger partial charge is 0.269 e. The number of thioether (sulfide) groups is 1. The molecule has 1 aromatic rings. The summed E-state index contributed by atoms with van der Waals surface area (Å²) in [4.78, 5) is 11.9. The van der Waals surface area contributed by atoms with Crippen LogP contribution in [0, 0.1) is 10.1 Å². The lowest BCUT2D eigenvalue weighted by atomic mass is 10.3. The van der Waals surface area contributed by atoms with Gasteiger partial charge in [-0.15, -0.1) is 11.8 Å². The molecule has 0 saturated heterocycles. The smallest absolute Gasteiger partial charge is 0.258 e. The van der Waals surface area contributed by atoms with Gasteiger partial charge in [0.05, 0.1) is 29.1 Å². The number of nitro groups is 1. The van der Waals surface area contributed by atoms with E-state index in [9.17, 15) is 10.1 Å². The Morgan fingerprint density at radius 3 is 1.38 bits per heavy atom. The zero-order valence-corrected chi connectivity index (χ0v) is 21.3. The van der Waals surface area contributed by atoms with Crippen molar-refractivity contribution in [1.29, 1.82) is 0 Å². The summed E-state index contributed by atoms with van der Waals surface area (Å²) in [5.41, 5.74) is 0.196. The molecule has 1 aromatic carbocycles. The molecule has 7 heteroatoms. The van der Waals surface area contributed by atoms with Gasteiger partial charge < -0.3 is 0 Å². The fourth-order valence-corrected chi connectivity index (χ4v) is 33.8. The molecular weight excluding hydrogens is 391 g/mol. The fraction of sp³-hybridized carbons (Fsp3) is 0.684. The van der Waals surface area contributed by atoms with Gasteiger partial charge in [-0.2, -0.15) is 0 Å². The fourth-order valence-electron chi connectivity index (χ4n) is 7.98. The highest BCUT2D eigenvalue weighted by Crippen LogP contribution is 3.48. The molecule has 5 rings (SSSR count). The van der Waals surface area contributed by atoms with E-state index < -0.39 is 24.2 Å². The van der Waals surface area contributed by atoms with Crippen molar-refractivity contribution >= 4 is 41.7 Å². The van der Waals surface area contributed by atoms with Crippen LogP contribution in [0.25, 0.3) is 0 Å². The van der Waals surface area contributed by atoms with Crippen LogP contribution < -0.4 is 0 Å². The van der Waals surface area contributed by atoms with Crippen LogP contribution in [-0.4, -0.2) is 33.9 Å². The van der Waals surface area contributed by atoms with Gasteiger partial charge in [-0.1, -0.05) is 58.9 Å². The molecule has 142 valence electrons. The molecule has 4 fully saturated rings. The minimum Gasteiger partial charge on any atom is -0.258 e. The Morgan fingerprint density at radius 2 is 1.12 bits per heavy atom. The second-order valence-corrected chi connectivity index (χ2v) is 28.6. The maximum Gasteiger partial charge on any atom is 0.269 e. The van der Waals surface area contributed by atoms with Gasteiger partial charge in [0.25, 0.3) is 5.69 Å². The monoisotopic (exact) mass is 421 g/mol. The molecule has 0 spiro atoms. The number of nitro benzene ring substituents is 1. The minimum atomic E-state index is -1.32. The van der Waals surface area contributed by atoms with E-state index in [1.54, 1.807) is 12.1 Å². The first-order valence-electron chi connectivity index (χ1n) is 9.57. The van der Waals surface area contributed by atoms with E-state index in [0.717, 1.165) is 0 Å². The second kappa shape index (κ2) is 4.44. The molecular formula is C19H31NO2SSi3. The van der Waals surface area contributed by atoms with Gasteiger partial charge in [-0.25, -0.2) is 0 Å². The lowest BCUT2D eigenvalue weighted by Gasteiger charge is -2.20. The third-order valence-corrected chi connectivity index (χ3v) is 20.9. The molecule has 0 bridgehead atoms. The zero-order valence-electron chi connectivity index (χ0n) is 17.5. The summed E-state index contributed by atoms with van der Waals surface area (Å²) in [6.45, 7) is 23.3. The molecule has 0 heterocycles. The predicted molar refractivity (Wildman–Crippen MR) is 120 cm³/mol. The van der Waals surface area contributed by atoms with E-state index in [0.29, 0.717) is 19.9 Å². The quantitative estimate of drug-likeness (QED) is 0.291. The highest BCUT2D eigenvalue weighted by Gasteiger charge is 3.39. The first kappa shape index (κ1) is 19.0. The molecule has 0 atom stereocenters. The van der Waals surface area contributed by atoms with E-state index >= 15 is 0 Å². The number of benzene rings is 1. The highest BCUT2D eigenvalue weighted by atomic mass is 32.2. The van der Waals surface area contributed by atoms with Gasteiger partial charge in [-0.05, 0) is 27.2 Å². The van der Waals surface area contributed by atoms with Gasteiger partial charge >= 0.3 is 0 Å². The maximum absolute atomic E-state index is 11.0. The Hall–Kier alpha value is -0.379. The second-order valence-electron chi connectivity index (χ2n) is 11.5. The van der Waals surface area contributed by atoms with E-state index in [4.69, 9.17) is 0 Å². The third kappa shape index (κ3) is 1.44. The maximum atomic E-state index is 11.0. The van der Waals surface area contributed by atoms with Crippen molar-refractivity contribution in [2.75, 3.05) is 0 Å². The van der Waals surface area contributed by atoms with Gasteiger partial charge in [0.15, 0.2) is 0 Å². The lowest BCUT2D eigenvalue weighted by Crippen LogP contribution is -2.26. The number of nitrogens with zero attached hydrogens (tertiary/aromatic N) is 1. The van der Waals surface area contributed by atoms with Crippen molar-refractivity contribution < 1.29 is 4.92 Å². The van der Waals surface area contributed by atoms with Crippen LogP contribution in [0.15, 0.2) is 29.2 Å². The Kier molecular flexibility index (Phi) is 3.24.